The molecule has 0 radical (unpaired) electrons. The first-order valence-electron chi connectivity index (χ1n) is 8.31. The van der Waals surface area contributed by atoms with E-state index in [9.17, 15) is 0 Å². The number of H-pyrrole nitrogens is 1. The van der Waals surface area contributed by atoms with Crippen LogP contribution in [-0.4, -0.2) is 31.4 Å². The number of nitrogens with one attached hydrogen (secondary N) is 1. The number of hydrogen-bond acceptors (Lipinski definition) is 4. The van der Waals surface area contributed by atoms with Gasteiger partial charge in [0.1, 0.15) is 0 Å². The van der Waals surface area contributed by atoms with Crippen LogP contribution < -0.4 is 0 Å². The summed E-state index contributed by atoms with van der Waals surface area (Å²) >= 11 is 0. The van der Waals surface area contributed by atoms with Crippen molar-refractivity contribution in [3.05, 3.63) is 65.0 Å². The average molecular weight is 319 g/mol. The van der Waals surface area contributed by atoms with Gasteiger partial charge in [-0.1, -0.05) is 0 Å². The van der Waals surface area contributed by atoms with Crippen LogP contribution in [0.2, 0.25) is 0 Å². The second kappa shape index (κ2) is 6.17. The van der Waals surface area contributed by atoms with Crippen molar-refractivity contribution in [2.45, 2.75) is 33.4 Å². The summed E-state index contributed by atoms with van der Waals surface area (Å²) in [6.07, 6.45) is 6.55. The van der Waals surface area contributed by atoms with Crippen LogP contribution in [0.1, 0.15) is 28.2 Å². The van der Waals surface area contributed by atoms with Gasteiger partial charge in [-0.15, -0.1) is 0 Å². The number of aromatic amines is 1. The van der Waals surface area contributed by atoms with E-state index in [1.807, 2.05) is 18.3 Å². The van der Waals surface area contributed by atoms with Crippen LogP contribution in [0.5, 0.6) is 0 Å². The lowest BCUT2D eigenvalue weighted by molar-refractivity contribution is 0.238. The highest BCUT2D eigenvalue weighted by Crippen LogP contribution is 2.22. The summed E-state index contributed by atoms with van der Waals surface area (Å²) in [5.41, 5.74) is 7.29. The zero-order valence-electron chi connectivity index (χ0n) is 14.1. The summed E-state index contributed by atoms with van der Waals surface area (Å²) in [6.45, 7) is 7.13. The lowest BCUT2D eigenvalue weighted by Crippen LogP contribution is -2.31. The SMILES string of the molecule is Cc1cc(C)c(CN2CCc3cnc(-c4ccncc4)nc3C2)[nH]1. The Morgan fingerprint density at radius 2 is 2.04 bits per heavy atom. The van der Waals surface area contributed by atoms with Crippen molar-refractivity contribution in [1.29, 1.82) is 0 Å². The normalized spacial score (nSPS) is 14.6. The van der Waals surface area contributed by atoms with Gasteiger partial charge in [0.2, 0.25) is 0 Å². The smallest absolute Gasteiger partial charge is 0.159 e. The van der Waals surface area contributed by atoms with Gasteiger partial charge in [-0.3, -0.25) is 9.88 Å². The van der Waals surface area contributed by atoms with Gasteiger partial charge < -0.3 is 4.98 Å². The zero-order chi connectivity index (χ0) is 16.5. The second-order valence-corrected chi connectivity index (χ2v) is 6.48. The quantitative estimate of drug-likeness (QED) is 0.806. The number of pyridine rings is 1. The van der Waals surface area contributed by atoms with Gasteiger partial charge in [-0.05, 0) is 49.6 Å². The highest BCUT2D eigenvalue weighted by Gasteiger charge is 2.20. The van der Waals surface area contributed by atoms with E-state index in [1.54, 1.807) is 12.4 Å². The van der Waals surface area contributed by atoms with Crippen molar-refractivity contribution in [2.24, 2.45) is 0 Å². The second-order valence-electron chi connectivity index (χ2n) is 6.48. The Bertz CT molecular complexity index is 853. The van der Waals surface area contributed by atoms with E-state index in [2.05, 4.69) is 39.8 Å². The predicted octanol–water partition coefficient (Wildman–Crippen LogP) is 3.04. The minimum absolute atomic E-state index is 0.782. The Labute approximate surface area is 141 Å². The molecule has 0 aromatic carbocycles. The predicted molar refractivity (Wildman–Crippen MR) is 93.3 cm³/mol. The minimum atomic E-state index is 0.782. The van der Waals surface area contributed by atoms with E-state index in [0.29, 0.717) is 0 Å². The third-order valence-electron chi connectivity index (χ3n) is 4.60. The average Bonchev–Trinajstić information content (AvgIpc) is 2.92. The van der Waals surface area contributed by atoms with Gasteiger partial charge in [0.15, 0.2) is 5.82 Å². The van der Waals surface area contributed by atoms with Gasteiger partial charge in [0.05, 0.1) is 5.69 Å². The first-order valence-corrected chi connectivity index (χ1v) is 8.31. The van der Waals surface area contributed by atoms with Crippen molar-refractivity contribution >= 4 is 0 Å². The molecule has 0 bridgehead atoms. The maximum Gasteiger partial charge on any atom is 0.159 e. The lowest BCUT2D eigenvalue weighted by Gasteiger charge is -2.27. The summed E-state index contributed by atoms with van der Waals surface area (Å²) in [7, 11) is 0. The van der Waals surface area contributed by atoms with Gasteiger partial charge in [0, 0.05) is 55.2 Å². The summed E-state index contributed by atoms with van der Waals surface area (Å²) in [6, 6.07) is 6.11. The molecule has 5 nitrogen and oxygen atoms in total. The molecule has 24 heavy (non-hydrogen) atoms. The van der Waals surface area contributed by atoms with Crippen LogP contribution in [0.25, 0.3) is 11.4 Å². The third kappa shape index (κ3) is 2.95. The van der Waals surface area contributed by atoms with E-state index in [-0.39, 0.29) is 0 Å². The van der Waals surface area contributed by atoms with Crippen molar-refractivity contribution in [3.63, 3.8) is 0 Å². The molecular weight excluding hydrogens is 298 g/mol. The van der Waals surface area contributed by atoms with Crippen molar-refractivity contribution in [2.75, 3.05) is 6.54 Å². The molecule has 0 fully saturated rings. The highest BCUT2D eigenvalue weighted by atomic mass is 15.1. The summed E-state index contributed by atoms with van der Waals surface area (Å²) in [5.74, 6) is 0.782. The molecular formula is C19H21N5. The Kier molecular flexibility index (Phi) is 3.86. The van der Waals surface area contributed by atoms with E-state index in [0.717, 1.165) is 43.1 Å². The van der Waals surface area contributed by atoms with Crippen LogP contribution >= 0.6 is 0 Å². The molecule has 1 N–H and O–H groups in total. The lowest BCUT2D eigenvalue weighted by atomic mass is 10.1. The molecule has 0 saturated heterocycles. The Hall–Kier alpha value is -2.53. The van der Waals surface area contributed by atoms with Crippen LogP contribution in [0.3, 0.4) is 0 Å². The molecule has 122 valence electrons. The maximum absolute atomic E-state index is 4.81. The molecule has 5 heteroatoms. The van der Waals surface area contributed by atoms with Crippen LogP contribution in [0.4, 0.5) is 0 Å². The van der Waals surface area contributed by atoms with Crippen LogP contribution in [0, 0.1) is 13.8 Å². The molecule has 3 aromatic heterocycles. The Morgan fingerprint density at radius 1 is 1.21 bits per heavy atom. The Morgan fingerprint density at radius 3 is 2.79 bits per heavy atom. The minimum Gasteiger partial charge on any atom is -0.361 e. The van der Waals surface area contributed by atoms with Crippen molar-refractivity contribution in [3.8, 4) is 11.4 Å². The molecule has 1 aliphatic rings. The summed E-state index contributed by atoms with van der Waals surface area (Å²) in [5, 5.41) is 0. The van der Waals surface area contributed by atoms with E-state index >= 15 is 0 Å². The van der Waals surface area contributed by atoms with Gasteiger partial charge in [-0.25, -0.2) is 9.97 Å². The highest BCUT2D eigenvalue weighted by molar-refractivity contribution is 5.54. The molecule has 1 aliphatic heterocycles. The fraction of sp³-hybridized carbons (Fsp3) is 0.316. The monoisotopic (exact) mass is 319 g/mol. The molecule has 4 heterocycles. The molecule has 0 saturated carbocycles. The number of hydrogen-bond donors (Lipinski definition) is 1. The van der Waals surface area contributed by atoms with Crippen molar-refractivity contribution in [1.82, 2.24) is 24.8 Å². The van der Waals surface area contributed by atoms with Gasteiger partial charge in [-0.2, -0.15) is 0 Å². The fourth-order valence-corrected chi connectivity index (χ4v) is 3.30. The molecule has 0 unspecified atom stereocenters. The number of aromatic nitrogens is 4. The standard InChI is InChI=1S/C19H21N5/c1-13-9-14(2)22-17(13)11-24-8-5-16-10-21-19(23-18(16)12-24)15-3-6-20-7-4-15/h3-4,6-7,9-10,22H,5,8,11-12H2,1-2H3. The first kappa shape index (κ1) is 15.0. The Balaban J connectivity index is 1.56. The molecule has 0 amide bonds. The molecule has 0 atom stereocenters. The first-order chi connectivity index (χ1) is 11.7. The fourth-order valence-electron chi connectivity index (χ4n) is 3.30. The van der Waals surface area contributed by atoms with Gasteiger partial charge >= 0.3 is 0 Å². The number of fused-ring (bicyclic) bond motifs is 1. The molecule has 0 spiro atoms. The molecule has 4 rings (SSSR count). The van der Waals surface area contributed by atoms with Crippen LogP contribution in [-0.2, 0) is 19.5 Å². The van der Waals surface area contributed by atoms with Crippen molar-refractivity contribution < 1.29 is 0 Å². The van der Waals surface area contributed by atoms with E-state index in [1.165, 1.54) is 22.5 Å². The third-order valence-corrected chi connectivity index (χ3v) is 4.60. The largest absolute Gasteiger partial charge is 0.361 e. The van der Waals surface area contributed by atoms with Gasteiger partial charge in [0.25, 0.3) is 0 Å². The maximum atomic E-state index is 4.81. The number of nitrogens with zero attached hydrogens (tertiary/aromatic N) is 4. The van der Waals surface area contributed by atoms with E-state index < -0.39 is 0 Å². The molecule has 0 aliphatic carbocycles. The number of rotatable bonds is 3. The van der Waals surface area contributed by atoms with Crippen LogP contribution in [0.15, 0.2) is 36.8 Å². The topological polar surface area (TPSA) is 57.7 Å². The molecule has 3 aromatic rings. The number of aryl methyl sites for hydroxylation is 2. The summed E-state index contributed by atoms with van der Waals surface area (Å²) < 4.78 is 0. The van der Waals surface area contributed by atoms with E-state index in [4.69, 9.17) is 4.98 Å². The zero-order valence-corrected chi connectivity index (χ0v) is 14.1. The summed E-state index contributed by atoms with van der Waals surface area (Å²) in [4.78, 5) is 19.3.